The van der Waals surface area contributed by atoms with Crippen LogP contribution in [0.2, 0.25) is 0 Å². The Morgan fingerprint density at radius 1 is 1.31 bits per heavy atom. The van der Waals surface area contributed by atoms with Gasteiger partial charge in [0, 0.05) is 42.1 Å². The van der Waals surface area contributed by atoms with E-state index in [1.165, 1.54) is 23.4 Å². The molecule has 0 unspecified atom stereocenters. The minimum absolute atomic E-state index is 0.194. The van der Waals surface area contributed by atoms with Gasteiger partial charge in [-0.05, 0) is 19.8 Å². The predicted molar refractivity (Wildman–Crippen MR) is 123 cm³/mol. The van der Waals surface area contributed by atoms with E-state index in [4.69, 9.17) is 4.84 Å². The topological polar surface area (TPSA) is 102 Å². The summed E-state index contributed by atoms with van der Waals surface area (Å²) in [6.45, 7) is 11.3. The first-order chi connectivity index (χ1) is 15.1. The highest BCUT2D eigenvalue weighted by Gasteiger charge is 2.33. The minimum atomic E-state index is -0.455. The number of hydroxylamine groups is 2. The van der Waals surface area contributed by atoms with Crippen LogP contribution < -0.4 is 11.2 Å². The number of nitrogens with zero attached hydrogens (tertiary/aromatic N) is 4. The number of nitrogens with one attached hydrogen (secondary N) is 1. The maximum Gasteiger partial charge on any atom is 0.331 e. The molecule has 1 aliphatic rings. The first kappa shape index (κ1) is 22.5. The molecule has 0 saturated carbocycles. The van der Waals surface area contributed by atoms with Gasteiger partial charge >= 0.3 is 5.69 Å². The molecule has 1 saturated heterocycles. The average molecular weight is 460 g/mol. The highest BCUT2D eigenvalue weighted by Crippen LogP contribution is 2.33. The van der Waals surface area contributed by atoms with Crippen molar-refractivity contribution < 1.29 is 9.63 Å². The molecule has 10 heteroatoms. The van der Waals surface area contributed by atoms with Crippen molar-refractivity contribution in [3.63, 3.8) is 0 Å². The quantitative estimate of drug-likeness (QED) is 0.631. The zero-order valence-corrected chi connectivity index (χ0v) is 20.1. The van der Waals surface area contributed by atoms with E-state index in [0.717, 1.165) is 26.4 Å². The summed E-state index contributed by atoms with van der Waals surface area (Å²) in [7, 11) is 1.46. The molecule has 172 valence electrons. The van der Waals surface area contributed by atoms with E-state index in [-0.39, 0.29) is 23.4 Å². The largest absolute Gasteiger partial charge is 0.331 e. The second-order valence-electron chi connectivity index (χ2n) is 9.09. The van der Waals surface area contributed by atoms with Crippen molar-refractivity contribution >= 4 is 27.5 Å². The number of hydrogen-bond donors (Lipinski definition) is 1. The fraction of sp³-hybridized carbons (Fsp3) is 0.545. The summed E-state index contributed by atoms with van der Waals surface area (Å²) >= 11 is 1.34. The summed E-state index contributed by atoms with van der Waals surface area (Å²) in [4.78, 5) is 46.7. The zero-order valence-electron chi connectivity index (χ0n) is 19.3. The Hall–Kier alpha value is -2.72. The summed E-state index contributed by atoms with van der Waals surface area (Å²) < 4.78 is 2.72. The van der Waals surface area contributed by atoms with Gasteiger partial charge < -0.3 is 0 Å². The molecule has 0 aromatic carbocycles. The molecule has 1 atom stereocenters. The maximum atomic E-state index is 13.6. The van der Waals surface area contributed by atoms with E-state index in [9.17, 15) is 14.4 Å². The number of aryl methyl sites for hydroxylation is 2. The second-order valence-corrected chi connectivity index (χ2v) is 10.2. The van der Waals surface area contributed by atoms with Gasteiger partial charge in [-0.2, -0.15) is 5.10 Å². The molecule has 4 rings (SSSR count). The van der Waals surface area contributed by atoms with Gasteiger partial charge in [-0.15, -0.1) is 11.3 Å². The van der Waals surface area contributed by atoms with Crippen molar-refractivity contribution in [3.05, 3.63) is 48.2 Å². The Bertz CT molecular complexity index is 1290. The number of aromatic nitrogens is 4. The van der Waals surface area contributed by atoms with E-state index < -0.39 is 5.56 Å². The molecule has 3 aromatic heterocycles. The van der Waals surface area contributed by atoms with Crippen LogP contribution in [-0.2, 0) is 24.9 Å². The summed E-state index contributed by atoms with van der Waals surface area (Å²) in [5.41, 5.74) is 2.25. The van der Waals surface area contributed by atoms with Gasteiger partial charge in [-0.3, -0.25) is 28.7 Å². The molecule has 1 fully saturated rings. The van der Waals surface area contributed by atoms with Crippen LogP contribution in [0.1, 0.15) is 53.0 Å². The molecule has 32 heavy (non-hydrogen) atoms. The molecule has 0 bridgehead atoms. The van der Waals surface area contributed by atoms with E-state index in [1.807, 2.05) is 34.6 Å². The fourth-order valence-electron chi connectivity index (χ4n) is 4.12. The Morgan fingerprint density at radius 2 is 2.03 bits per heavy atom. The number of hydrogen-bond acceptors (Lipinski definition) is 6. The Morgan fingerprint density at radius 3 is 2.59 bits per heavy atom. The average Bonchev–Trinajstić information content (AvgIpc) is 3.42. The number of thiophene rings is 1. The third-order valence-corrected chi connectivity index (χ3v) is 7.06. The summed E-state index contributed by atoms with van der Waals surface area (Å²) in [6, 6.07) is 0. The van der Waals surface area contributed by atoms with Gasteiger partial charge in [-0.25, -0.2) is 9.86 Å². The van der Waals surface area contributed by atoms with Gasteiger partial charge in [-0.1, -0.05) is 20.8 Å². The van der Waals surface area contributed by atoms with Gasteiger partial charge in [0.1, 0.15) is 4.83 Å². The van der Waals surface area contributed by atoms with Gasteiger partial charge in [0.05, 0.1) is 29.8 Å². The normalized spacial score (nSPS) is 16.6. The first-order valence-electron chi connectivity index (χ1n) is 10.8. The Kier molecular flexibility index (Phi) is 5.85. The number of fused-ring (bicyclic) bond motifs is 1. The third-order valence-electron chi connectivity index (χ3n) is 5.84. The molecular formula is C22H29N5O4S. The number of carbonyl (C=O) groups is 1. The molecule has 1 amide bonds. The second kappa shape index (κ2) is 8.32. The van der Waals surface area contributed by atoms with Crippen LogP contribution in [0.5, 0.6) is 0 Å². The summed E-state index contributed by atoms with van der Waals surface area (Å²) in [6.07, 6.45) is 0.441. The lowest BCUT2D eigenvalue weighted by atomic mass is 10.0. The van der Waals surface area contributed by atoms with Crippen molar-refractivity contribution in [2.75, 3.05) is 13.2 Å². The third kappa shape index (κ3) is 3.71. The van der Waals surface area contributed by atoms with Crippen molar-refractivity contribution in [3.8, 4) is 0 Å². The van der Waals surface area contributed by atoms with Crippen molar-refractivity contribution in [1.82, 2.24) is 24.4 Å². The number of amides is 1. The van der Waals surface area contributed by atoms with Crippen LogP contribution in [0.4, 0.5) is 0 Å². The monoisotopic (exact) mass is 459 g/mol. The van der Waals surface area contributed by atoms with E-state index in [1.54, 1.807) is 4.57 Å². The van der Waals surface area contributed by atoms with Crippen molar-refractivity contribution in [2.45, 2.75) is 47.6 Å². The summed E-state index contributed by atoms with van der Waals surface area (Å²) in [5.74, 6) is 0.0769. The highest BCUT2D eigenvalue weighted by atomic mass is 32.1. The van der Waals surface area contributed by atoms with E-state index >= 15 is 0 Å². The van der Waals surface area contributed by atoms with Crippen LogP contribution in [0.25, 0.3) is 10.2 Å². The lowest BCUT2D eigenvalue weighted by molar-refractivity contribution is -0.0771. The molecule has 1 aliphatic heterocycles. The number of H-pyrrole nitrogens is 1. The number of carbonyl (C=O) groups excluding carboxylic acids is 1. The summed E-state index contributed by atoms with van der Waals surface area (Å²) in [5, 5.41) is 8.89. The van der Waals surface area contributed by atoms with Crippen LogP contribution in [0.15, 0.2) is 9.59 Å². The molecule has 3 aromatic rings. The molecule has 0 spiro atoms. The molecule has 1 N–H and O–H groups in total. The van der Waals surface area contributed by atoms with Crippen LogP contribution in [-0.4, -0.2) is 43.5 Å². The van der Waals surface area contributed by atoms with Crippen LogP contribution >= 0.6 is 11.3 Å². The standard InChI is InChI=1S/C22H29N5O4S/c1-11(2)8-26-21-18(19(28)25(6)22(26)30)17(20(29)27-9-12(3)10-31-27)16(32-21)7-15-13(4)23-24-14(15)5/h11-12H,7-10H2,1-6H3,(H,23,24)/t12-/m0/s1. The van der Waals surface area contributed by atoms with Crippen molar-refractivity contribution in [2.24, 2.45) is 18.9 Å². The van der Waals surface area contributed by atoms with Crippen LogP contribution in [0.3, 0.4) is 0 Å². The van der Waals surface area contributed by atoms with Gasteiger partial charge in [0.15, 0.2) is 0 Å². The SMILES string of the molecule is Cc1n[nH]c(C)c1Cc1sc2c(c1C(=O)N1C[C@H](C)CO1)c(=O)n(C)c(=O)n2CC(C)C. The molecule has 0 aliphatic carbocycles. The highest BCUT2D eigenvalue weighted by molar-refractivity contribution is 7.19. The maximum absolute atomic E-state index is 13.6. The molecular weight excluding hydrogens is 430 g/mol. The lowest BCUT2D eigenvalue weighted by Gasteiger charge is -2.15. The number of aromatic amines is 1. The fourth-order valence-corrected chi connectivity index (χ4v) is 5.42. The van der Waals surface area contributed by atoms with Crippen molar-refractivity contribution in [1.29, 1.82) is 0 Å². The van der Waals surface area contributed by atoms with E-state index in [0.29, 0.717) is 41.9 Å². The first-order valence-corrected chi connectivity index (χ1v) is 11.6. The predicted octanol–water partition coefficient (Wildman–Crippen LogP) is 2.37. The molecule has 9 nitrogen and oxygen atoms in total. The Labute approximate surface area is 189 Å². The zero-order chi connectivity index (χ0) is 23.3. The van der Waals surface area contributed by atoms with E-state index in [2.05, 4.69) is 10.2 Å². The van der Waals surface area contributed by atoms with Crippen LogP contribution in [0, 0.1) is 25.7 Å². The Balaban J connectivity index is 2.00. The molecule has 0 radical (unpaired) electrons. The van der Waals surface area contributed by atoms with Gasteiger partial charge in [0.25, 0.3) is 11.5 Å². The number of rotatable bonds is 5. The molecule has 4 heterocycles. The smallest absolute Gasteiger partial charge is 0.284 e. The minimum Gasteiger partial charge on any atom is -0.284 e. The van der Waals surface area contributed by atoms with Gasteiger partial charge in [0.2, 0.25) is 0 Å². The lowest BCUT2D eigenvalue weighted by Crippen LogP contribution is -2.39.